The van der Waals surface area contributed by atoms with Crippen LogP contribution in [0.5, 0.6) is 0 Å². The molecule has 0 heterocycles. The molecule has 1 saturated carbocycles. The van der Waals surface area contributed by atoms with Gasteiger partial charge in [0, 0.05) is 5.54 Å². The molecule has 0 saturated heterocycles. The maximum Gasteiger partial charge on any atom is 0.0454 e. The lowest BCUT2D eigenvalue weighted by atomic mass is 9.71. The van der Waals surface area contributed by atoms with Gasteiger partial charge in [-0.05, 0) is 38.9 Å². The summed E-state index contributed by atoms with van der Waals surface area (Å²) in [7, 11) is 4.37. The van der Waals surface area contributed by atoms with Gasteiger partial charge in [-0.25, -0.2) is 0 Å². The first kappa shape index (κ1) is 13.2. The third-order valence-electron chi connectivity index (χ3n) is 3.35. The highest BCUT2D eigenvalue weighted by atomic mass is 15.2. The van der Waals surface area contributed by atoms with Crippen LogP contribution in [0.1, 0.15) is 45.1 Å². The largest absolute Gasteiger partial charge is 0.300 e. The Bertz CT molecular complexity index is 286. The average molecular weight is 219 g/mol. The highest BCUT2D eigenvalue weighted by molar-refractivity contribution is 5.26. The van der Waals surface area contributed by atoms with E-state index in [-0.39, 0.29) is 0 Å². The SMILES string of the molecule is CCC.CN(C)C1(c2ccccc2)CCC1. The van der Waals surface area contributed by atoms with E-state index >= 15 is 0 Å². The maximum atomic E-state index is 2.37. The van der Waals surface area contributed by atoms with E-state index in [1.54, 1.807) is 0 Å². The first-order chi connectivity index (χ1) is 7.67. The van der Waals surface area contributed by atoms with Gasteiger partial charge >= 0.3 is 0 Å². The van der Waals surface area contributed by atoms with Crippen LogP contribution in [0.3, 0.4) is 0 Å². The molecule has 0 unspecified atom stereocenters. The molecule has 1 aliphatic rings. The van der Waals surface area contributed by atoms with E-state index < -0.39 is 0 Å². The molecule has 1 aromatic carbocycles. The van der Waals surface area contributed by atoms with E-state index in [1.165, 1.54) is 31.2 Å². The lowest BCUT2D eigenvalue weighted by molar-refractivity contribution is 0.0577. The van der Waals surface area contributed by atoms with Crippen molar-refractivity contribution in [3.8, 4) is 0 Å². The third kappa shape index (κ3) is 2.65. The zero-order chi connectivity index (χ0) is 12.0. The van der Waals surface area contributed by atoms with Crippen molar-refractivity contribution in [1.82, 2.24) is 4.90 Å². The molecule has 1 aliphatic carbocycles. The van der Waals surface area contributed by atoms with Crippen LogP contribution in [-0.4, -0.2) is 19.0 Å². The number of rotatable bonds is 2. The monoisotopic (exact) mass is 219 g/mol. The second-order valence-corrected chi connectivity index (χ2v) is 4.85. The lowest BCUT2D eigenvalue weighted by Crippen LogP contribution is -2.46. The normalized spacial score (nSPS) is 17.3. The van der Waals surface area contributed by atoms with Crippen LogP contribution in [0, 0.1) is 0 Å². The zero-order valence-corrected chi connectivity index (χ0v) is 11.2. The van der Waals surface area contributed by atoms with Crippen LogP contribution < -0.4 is 0 Å². The van der Waals surface area contributed by atoms with E-state index in [0.29, 0.717) is 5.54 Å². The molecule has 0 radical (unpaired) electrons. The van der Waals surface area contributed by atoms with Crippen LogP contribution >= 0.6 is 0 Å². The van der Waals surface area contributed by atoms with Crippen molar-refractivity contribution in [2.75, 3.05) is 14.1 Å². The van der Waals surface area contributed by atoms with Crippen LogP contribution in [0.15, 0.2) is 30.3 Å². The molecule has 1 fully saturated rings. The van der Waals surface area contributed by atoms with Gasteiger partial charge in [0.25, 0.3) is 0 Å². The minimum absolute atomic E-state index is 0.348. The van der Waals surface area contributed by atoms with Crippen LogP contribution in [0.2, 0.25) is 0 Å². The topological polar surface area (TPSA) is 3.24 Å². The van der Waals surface area contributed by atoms with E-state index in [1.807, 2.05) is 0 Å². The molecular weight excluding hydrogens is 194 g/mol. The molecule has 1 nitrogen and oxygen atoms in total. The van der Waals surface area contributed by atoms with Gasteiger partial charge < -0.3 is 0 Å². The molecule has 1 heteroatoms. The summed E-state index contributed by atoms with van der Waals surface area (Å²) in [5, 5.41) is 0. The average Bonchev–Trinajstić information content (AvgIpc) is 2.18. The molecule has 90 valence electrons. The van der Waals surface area contributed by atoms with Crippen molar-refractivity contribution in [2.45, 2.75) is 45.1 Å². The fourth-order valence-electron chi connectivity index (χ4n) is 2.25. The third-order valence-corrected chi connectivity index (χ3v) is 3.35. The van der Waals surface area contributed by atoms with Crippen molar-refractivity contribution >= 4 is 0 Å². The first-order valence-corrected chi connectivity index (χ1v) is 6.40. The molecular formula is C15H25N. The predicted molar refractivity (Wildman–Crippen MR) is 71.6 cm³/mol. The Balaban J connectivity index is 0.000000386. The highest BCUT2D eigenvalue weighted by Gasteiger charge is 2.40. The Morgan fingerprint density at radius 3 is 1.88 bits per heavy atom. The van der Waals surface area contributed by atoms with E-state index in [0.717, 1.165) is 0 Å². The summed E-state index contributed by atoms with van der Waals surface area (Å²) in [5.74, 6) is 0. The van der Waals surface area contributed by atoms with Crippen LogP contribution in [-0.2, 0) is 5.54 Å². The minimum Gasteiger partial charge on any atom is -0.300 e. The molecule has 0 atom stereocenters. The van der Waals surface area contributed by atoms with Gasteiger partial charge in [0.05, 0.1) is 0 Å². The van der Waals surface area contributed by atoms with Crippen molar-refractivity contribution in [3.63, 3.8) is 0 Å². The van der Waals surface area contributed by atoms with Crippen LogP contribution in [0.4, 0.5) is 0 Å². The summed E-state index contributed by atoms with van der Waals surface area (Å²) < 4.78 is 0. The van der Waals surface area contributed by atoms with Gasteiger partial charge in [-0.15, -0.1) is 0 Å². The fraction of sp³-hybridized carbons (Fsp3) is 0.600. The number of benzene rings is 1. The van der Waals surface area contributed by atoms with Crippen LogP contribution in [0.25, 0.3) is 0 Å². The zero-order valence-electron chi connectivity index (χ0n) is 11.2. The van der Waals surface area contributed by atoms with Gasteiger partial charge in [-0.3, -0.25) is 4.90 Å². The summed E-state index contributed by atoms with van der Waals surface area (Å²) in [4.78, 5) is 2.37. The maximum absolute atomic E-state index is 2.37. The Labute approximate surface area is 100 Å². The first-order valence-electron chi connectivity index (χ1n) is 6.40. The summed E-state index contributed by atoms with van der Waals surface area (Å²) in [6.45, 7) is 4.25. The molecule has 0 amide bonds. The minimum atomic E-state index is 0.348. The molecule has 0 N–H and O–H groups in total. The van der Waals surface area contributed by atoms with Gasteiger partial charge in [-0.1, -0.05) is 50.6 Å². The quantitative estimate of drug-likeness (QED) is 0.725. The van der Waals surface area contributed by atoms with E-state index in [2.05, 4.69) is 63.2 Å². The fourth-order valence-corrected chi connectivity index (χ4v) is 2.25. The Kier molecular flexibility index (Phi) is 5.01. The van der Waals surface area contributed by atoms with Gasteiger partial charge in [0.15, 0.2) is 0 Å². The van der Waals surface area contributed by atoms with E-state index in [4.69, 9.17) is 0 Å². The Hall–Kier alpha value is -0.820. The molecule has 0 aromatic heterocycles. The van der Waals surface area contributed by atoms with Crippen molar-refractivity contribution in [2.24, 2.45) is 0 Å². The second-order valence-electron chi connectivity index (χ2n) is 4.85. The second kappa shape index (κ2) is 6.05. The molecule has 0 aliphatic heterocycles. The summed E-state index contributed by atoms with van der Waals surface area (Å²) in [6.07, 6.45) is 5.24. The molecule has 2 rings (SSSR count). The van der Waals surface area contributed by atoms with E-state index in [9.17, 15) is 0 Å². The number of hydrogen-bond donors (Lipinski definition) is 0. The molecule has 1 aromatic rings. The number of hydrogen-bond acceptors (Lipinski definition) is 1. The summed E-state index contributed by atoms with van der Waals surface area (Å²) in [5.41, 5.74) is 1.83. The Morgan fingerprint density at radius 1 is 1.06 bits per heavy atom. The van der Waals surface area contributed by atoms with Gasteiger partial charge in [-0.2, -0.15) is 0 Å². The van der Waals surface area contributed by atoms with Gasteiger partial charge in [0.2, 0.25) is 0 Å². The molecule has 0 bridgehead atoms. The molecule has 16 heavy (non-hydrogen) atoms. The van der Waals surface area contributed by atoms with Crippen molar-refractivity contribution in [3.05, 3.63) is 35.9 Å². The van der Waals surface area contributed by atoms with Gasteiger partial charge in [0.1, 0.15) is 0 Å². The number of nitrogens with zero attached hydrogens (tertiary/aromatic N) is 1. The standard InChI is InChI=1S/C12H17N.C3H8/c1-13(2)12(9-6-10-12)11-7-4-3-5-8-11;1-3-2/h3-5,7-8H,6,9-10H2,1-2H3;3H2,1-2H3. The summed E-state index contributed by atoms with van der Waals surface area (Å²) in [6, 6.07) is 10.9. The highest BCUT2D eigenvalue weighted by Crippen LogP contribution is 2.44. The van der Waals surface area contributed by atoms with Crippen molar-refractivity contribution < 1.29 is 0 Å². The lowest BCUT2D eigenvalue weighted by Gasteiger charge is -2.47. The summed E-state index contributed by atoms with van der Waals surface area (Å²) >= 11 is 0. The predicted octanol–water partition coefficient (Wildman–Crippen LogP) is 4.04. The van der Waals surface area contributed by atoms with Crippen molar-refractivity contribution in [1.29, 1.82) is 0 Å². The Morgan fingerprint density at radius 2 is 1.56 bits per heavy atom. The smallest absolute Gasteiger partial charge is 0.0454 e. The molecule has 0 spiro atoms.